The summed E-state index contributed by atoms with van der Waals surface area (Å²) in [6.07, 6.45) is 0. The molecule has 0 saturated carbocycles. The molecule has 24 heavy (non-hydrogen) atoms. The van der Waals surface area contributed by atoms with Crippen LogP contribution >= 0.6 is 0 Å². The number of anilines is 2. The molecule has 1 heterocycles. The molecule has 5 nitrogen and oxygen atoms in total. The molecule has 1 aliphatic rings. The minimum absolute atomic E-state index is 0.269. The molecule has 0 bridgehead atoms. The van der Waals surface area contributed by atoms with Gasteiger partial charge < -0.3 is 9.64 Å². The molecule has 1 fully saturated rings. The number of para-hydroxylation sites is 2. The van der Waals surface area contributed by atoms with Crippen LogP contribution in [0.4, 0.5) is 11.4 Å². The molecule has 0 aliphatic carbocycles. The van der Waals surface area contributed by atoms with Gasteiger partial charge in [-0.1, -0.05) is 36.4 Å². The van der Waals surface area contributed by atoms with Crippen LogP contribution in [0.1, 0.15) is 6.92 Å². The van der Waals surface area contributed by atoms with E-state index in [1.807, 2.05) is 67.6 Å². The Hall–Kier alpha value is -2.82. The van der Waals surface area contributed by atoms with Gasteiger partial charge in [0.1, 0.15) is 5.41 Å². The van der Waals surface area contributed by atoms with Crippen LogP contribution in [0.2, 0.25) is 0 Å². The molecular weight excluding hydrogens is 302 g/mol. The van der Waals surface area contributed by atoms with E-state index in [2.05, 4.69) is 15.4 Å². The van der Waals surface area contributed by atoms with Gasteiger partial charge in [-0.05, 0) is 31.2 Å². The maximum Gasteiger partial charge on any atom is 0.319 e. The molecule has 124 valence electrons. The number of carbonyl (C=O) groups is 1. The predicted molar refractivity (Wildman–Crippen MR) is 96.3 cm³/mol. The first-order valence-corrected chi connectivity index (χ1v) is 7.90. The van der Waals surface area contributed by atoms with Gasteiger partial charge >= 0.3 is 5.97 Å². The molecule has 2 aromatic rings. The van der Waals surface area contributed by atoms with Crippen LogP contribution < -0.4 is 10.3 Å². The second-order valence-corrected chi connectivity index (χ2v) is 6.05. The number of esters is 1. The number of rotatable bonds is 4. The van der Waals surface area contributed by atoms with Gasteiger partial charge in [-0.2, -0.15) is 5.10 Å². The largest absolute Gasteiger partial charge is 0.468 e. The van der Waals surface area contributed by atoms with Crippen molar-refractivity contribution in [3.8, 4) is 0 Å². The van der Waals surface area contributed by atoms with E-state index in [4.69, 9.17) is 4.74 Å². The number of methoxy groups -OCH3 is 1. The summed E-state index contributed by atoms with van der Waals surface area (Å²) in [5.41, 5.74) is 4.99. The number of nitrogens with one attached hydrogen (secondary N) is 1. The summed E-state index contributed by atoms with van der Waals surface area (Å²) in [6.45, 7) is 3.00. The van der Waals surface area contributed by atoms with Crippen LogP contribution in [0.3, 0.4) is 0 Å². The van der Waals surface area contributed by atoms with Gasteiger partial charge in [0.15, 0.2) is 0 Å². The third kappa shape index (κ3) is 3.11. The van der Waals surface area contributed by atoms with E-state index in [9.17, 15) is 4.79 Å². The molecule has 1 aliphatic heterocycles. The second kappa shape index (κ2) is 6.74. The quantitative estimate of drug-likeness (QED) is 0.694. The molecular formula is C19H21N3O2. The van der Waals surface area contributed by atoms with Crippen LogP contribution in [0.15, 0.2) is 65.8 Å². The zero-order valence-corrected chi connectivity index (χ0v) is 13.9. The van der Waals surface area contributed by atoms with Crippen LogP contribution in [-0.4, -0.2) is 31.9 Å². The van der Waals surface area contributed by atoms with Gasteiger partial charge in [-0.25, -0.2) is 0 Å². The van der Waals surface area contributed by atoms with Gasteiger partial charge in [0.05, 0.1) is 25.1 Å². The van der Waals surface area contributed by atoms with E-state index in [0.717, 1.165) is 17.1 Å². The molecule has 1 N–H and O–H groups in total. The summed E-state index contributed by atoms with van der Waals surface area (Å²) in [7, 11) is 1.42. The van der Waals surface area contributed by atoms with E-state index in [1.165, 1.54) is 7.11 Å². The van der Waals surface area contributed by atoms with Crippen molar-refractivity contribution in [2.24, 2.45) is 10.5 Å². The van der Waals surface area contributed by atoms with Crippen molar-refractivity contribution in [3.05, 3.63) is 60.7 Å². The minimum atomic E-state index is -0.771. The predicted octanol–water partition coefficient (Wildman–Crippen LogP) is 3.15. The van der Waals surface area contributed by atoms with Gasteiger partial charge in [0.2, 0.25) is 0 Å². The highest BCUT2D eigenvalue weighted by Crippen LogP contribution is 2.32. The number of carbonyl (C=O) groups excluding carboxylic acids is 1. The zero-order chi connectivity index (χ0) is 17.0. The van der Waals surface area contributed by atoms with Gasteiger partial charge in [-0.3, -0.25) is 10.2 Å². The van der Waals surface area contributed by atoms with Crippen molar-refractivity contribution in [1.82, 2.24) is 0 Å². The number of ether oxygens (including phenoxy) is 1. The summed E-state index contributed by atoms with van der Waals surface area (Å²) in [4.78, 5) is 14.5. The van der Waals surface area contributed by atoms with Crippen molar-refractivity contribution in [3.63, 3.8) is 0 Å². The van der Waals surface area contributed by atoms with Crippen molar-refractivity contribution in [2.45, 2.75) is 6.92 Å². The monoisotopic (exact) mass is 323 g/mol. The number of hydrogen-bond donors (Lipinski definition) is 1. The zero-order valence-electron chi connectivity index (χ0n) is 13.9. The third-order valence-electron chi connectivity index (χ3n) is 4.34. The van der Waals surface area contributed by atoms with E-state index in [-0.39, 0.29) is 5.97 Å². The van der Waals surface area contributed by atoms with Crippen molar-refractivity contribution >= 4 is 23.1 Å². The van der Waals surface area contributed by atoms with E-state index in [1.54, 1.807) is 0 Å². The molecule has 1 atom stereocenters. The molecule has 0 unspecified atom stereocenters. The van der Waals surface area contributed by atoms with Gasteiger partial charge in [-0.15, -0.1) is 0 Å². The van der Waals surface area contributed by atoms with E-state index in [0.29, 0.717) is 13.1 Å². The van der Waals surface area contributed by atoms with Crippen molar-refractivity contribution in [1.29, 1.82) is 0 Å². The lowest BCUT2D eigenvalue weighted by Gasteiger charge is -2.22. The maximum absolute atomic E-state index is 12.4. The second-order valence-electron chi connectivity index (χ2n) is 6.05. The normalized spacial score (nSPS) is 21.8. The first-order valence-electron chi connectivity index (χ1n) is 7.90. The number of hydrogen-bond acceptors (Lipinski definition) is 5. The molecule has 5 heteroatoms. The molecule has 0 amide bonds. The number of hydrazone groups is 1. The van der Waals surface area contributed by atoms with Gasteiger partial charge in [0, 0.05) is 12.2 Å². The summed E-state index contributed by atoms with van der Waals surface area (Å²) in [6, 6.07) is 19.7. The highest BCUT2D eigenvalue weighted by Gasteiger charge is 2.47. The average Bonchev–Trinajstić information content (AvgIpc) is 2.99. The maximum atomic E-state index is 12.4. The smallest absolute Gasteiger partial charge is 0.319 e. The molecule has 3 rings (SSSR count). The summed E-state index contributed by atoms with van der Waals surface area (Å²) in [5.74, 6) is -0.269. The lowest BCUT2D eigenvalue weighted by Crippen LogP contribution is -2.38. The summed E-state index contributed by atoms with van der Waals surface area (Å²) < 4.78 is 5.03. The first kappa shape index (κ1) is 16.1. The lowest BCUT2D eigenvalue weighted by atomic mass is 9.88. The standard InChI is InChI=1S/C19H21N3O2/c1-19(18(23)24-2)14-22(16-11-7-4-8-12-16)13-17(19)21-20-15-9-5-3-6-10-15/h3-12,20H,13-14H2,1-2H3/b21-17-/t19-/m0/s1. The lowest BCUT2D eigenvalue weighted by molar-refractivity contribution is -0.147. The summed E-state index contributed by atoms with van der Waals surface area (Å²) >= 11 is 0. The summed E-state index contributed by atoms with van der Waals surface area (Å²) in [5, 5.41) is 4.52. The third-order valence-corrected chi connectivity index (χ3v) is 4.34. The van der Waals surface area contributed by atoms with Crippen LogP contribution in [-0.2, 0) is 9.53 Å². The molecule has 2 aromatic carbocycles. The fourth-order valence-electron chi connectivity index (χ4n) is 2.92. The number of benzene rings is 2. The molecule has 0 radical (unpaired) electrons. The molecule has 0 aromatic heterocycles. The Morgan fingerprint density at radius 1 is 1.12 bits per heavy atom. The van der Waals surface area contributed by atoms with E-state index >= 15 is 0 Å². The minimum Gasteiger partial charge on any atom is -0.468 e. The SMILES string of the molecule is COC(=O)[C@@]1(C)CN(c2ccccc2)C/C1=N/Nc1ccccc1. The molecule has 0 spiro atoms. The van der Waals surface area contributed by atoms with Crippen LogP contribution in [0, 0.1) is 5.41 Å². The Kier molecular flexibility index (Phi) is 4.51. The Morgan fingerprint density at radius 3 is 2.38 bits per heavy atom. The van der Waals surface area contributed by atoms with Crippen LogP contribution in [0.5, 0.6) is 0 Å². The highest BCUT2D eigenvalue weighted by molar-refractivity contribution is 6.11. The Labute approximate surface area is 141 Å². The van der Waals surface area contributed by atoms with Crippen molar-refractivity contribution < 1.29 is 9.53 Å². The van der Waals surface area contributed by atoms with Crippen LogP contribution in [0.25, 0.3) is 0 Å². The van der Waals surface area contributed by atoms with E-state index < -0.39 is 5.41 Å². The Morgan fingerprint density at radius 2 is 1.75 bits per heavy atom. The first-order chi connectivity index (χ1) is 11.6. The topological polar surface area (TPSA) is 53.9 Å². The average molecular weight is 323 g/mol. The highest BCUT2D eigenvalue weighted by atomic mass is 16.5. The van der Waals surface area contributed by atoms with Gasteiger partial charge in [0.25, 0.3) is 0 Å². The fourth-order valence-corrected chi connectivity index (χ4v) is 2.92. The molecule has 1 saturated heterocycles. The Bertz CT molecular complexity index is 731. The fraction of sp³-hybridized carbons (Fsp3) is 0.263. The van der Waals surface area contributed by atoms with Crippen molar-refractivity contribution in [2.75, 3.05) is 30.5 Å². The Balaban J connectivity index is 1.88. The number of nitrogens with zero attached hydrogens (tertiary/aromatic N) is 2.